The predicted molar refractivity (Wildman–Crippen MR) is 150 cm³/mol. The Morgan fingerprint density at radius 2 is 1.62 bits per heavy atom. The number of carbonyl (C=O) groups excluding carboxylic acids is 2. The van der Waals surface area contributed by atoms with Gasteiger partial charge in [0.2, 0.25) is 11.7 Å². The van der Waals surface area contributed by atoms with Crippen LogP contribution >= 0.6 is 0 Å². The normalized spacial score (nSPS) is 14.3. The first kappa shape index (κ1) is 32.4. The minimum Gasteiger partial charge on any atom is -0.385 e. The summed E-state index contributed by atoms with van der Waals surface area (Å²) in [6.45, 7) is 9.11. The highest BCUT2D eigenvalue weighted by Crippen LogP contribution is 2.25. The number of unbranched alkanes of at least 4 members (excludes halogenated alkanes) is 1. The lowest BCUT2D eigenvalue weighted by molar-refractivity contribution is -0.241. The van der Waals surface area contributed by atoms with Crippen LogP contribution in [-0.2, 0) is 37.0 Å². The first-order valence-electron chi connectivity index (χ1n) is 13.9. The summed E-state index contributed by atoms with van der Waals surface area (Å²) < 4.78 is 30.9. The van der Waals surface area contributed by atoms with Crippen molar-refractivity contribution in [2.24, 2.45) is 5.92 Å². The topological polar surface area (TPSA) is 85.9 Å². The van der Waals surface area contributed by atoms with Gasteiger partial charge in [0.05, 0.1) is 13.2 Å². The second-order valence-electron chi connectivity index (χ2n) is 10.0. The van der Waals surface area contributed by atoms with Crippen LogP contribution in [-0.4, -0.2) is 44.0 Å². The zero-order valence-corrected chi connectivity index (χ0v) is 24.1. The summed E-state index contributed by atoms with van der Waals surface area (Å²) in [5.41, 5.74) is 2.82. The van der Waals surface area contributed by atoms with E-state index in [9.17, 15) is 14.0 Å². The molecule has 0 fully saturated rings. The first-order chi connectivity index (χ1) is 18.7. The van der Waals surface area contributed by atoms with E-state index in [2.05, 4.69) is 10.6 Å². The van der Waals surface area contributed by atoms with Crippen molar-refractivity contribution < 1.29 is 28.2 Å². The Labute approximate surface area is 232 Å². The molecule has 8 heteroatoms. The van der Waals surface area contributed by atoms with Crippen LogP contribution in [0.25, 0.3) is 0 Å². The molecule has 0 aliphatic carbocycles. The highest BCUT2D eigenvalue weighted by Gasteiger charge is 2.43. The van der Waals surface area contributed by atoms with Gasteiger partial charge in [-0.1, -0.05) is 75.6 Å². The van der Waals surface area contributed by atoms with Crippen LogP contribution in [0.2, 0.25) is 0 Å². The molecular weight excluding hydrogens is 499 g/mol. The number of carbonyl (C=O) groups is 2. The van der Waals surface area contributed by atoms with Crippen LogP contribution in [0.15, 0.2) is 48.5 Å². The van der Waals surface area contributed by atoms with Crippen molar-refractivity contribution in [3.63, 3.8) is 0 Å². The number of aryl methyl sites for hydroxylation is 1. The maximum Gasteiger partial charge on any atom is 0.281 e. The van der Waals surface area contributed by atoms with Gasteiger partial charge in [-0.2, -0.15) is 0 Å². The second-order valence-corrected chi connectivity index (χ2v) is 10.0. The average Bonchev–Trinajstić information content (AvgIpc) is 2.95. The van der Waals surface area contributed by atoms with E-state index in [1.807, 2.05) is 52.0 Å². The van der Waals surface area contributed by atoms with Gasteiger partial charge < -0.3 is 24.8 Å². The molecule has 3 unspecified atom stereocenters. The molecule has 0 heterocycles. The van der Waals surface area contributed by atoms with Crippen molar-refractivity contribution in [2.45, 2.75) is 84.8 Å². The molecular formula is C31H45FN2O5. The van der Waals surface area contributed by atoms with Gasteiger partial charge in [0, 0.05) is 26.7 Å². The molecule has 2 aromatic rings. The molecule has 0 radical (unpaired) electrons. The first-order valence-corrected chi connectivity index (χ1v) is 13.9. The highest BCUT2D eigenvalue weighted by atomic mass is 19.1. The summed E-state index contributed by atoms with van der Waals surface area (Å²) in [5.74, 6) is -2.82. The van der Waals surface area contributed by atoms with Crippen LogP contribution in [0.1, 0.15) is 69.6 Å². The molecule has 2 rings (SSSR count). The van der Waals surface area contributed by atoms with E-state index < -0.39 is 17.7 Å². The zero-order chi connectivity index (χ0) is 28.7. The Morgan fingerprint density at radius 3 is 2.23 bits per heavy atom. The number of benzene rings is 2. The van der Waals surface area contributed by atoms with Gasteiger partial charge in [-0.15, -0.1) is 0 Å². The van der Waals surface area contributed by atoms with E-state index in [4.69, 9.17) is 14.2 Å². The Kier molecular flexibility index (Phi) is 14.1. The molecule has 2 aromatic carbocycles. The van der Waals surface area contributed by atoms with E-state index in [1.54, 1.807) is 19.2 Å². The predicted octanol–water partition coefficient (Wildman–Crippen LogP) is 5.44. The molecule has 2 N–H and O–H groups in total. The van der Waals surface area contributed by atoms with E-state index in [0.717, 1.165) is 23.1 Å². The van der Waals surface area contributed by atoms with Crippen molar-refractivity contribution in [1.29, 1.82) is 0 Å². The Bertz CT molecular complexity index is 999. The zero-order valence-electron chi connectivity index (χ0n) is 24.1. The second kappa shape index (κ2) is 17.0. The molecule has 3 atom stereocenters. The lowest BCUT2D eigenvalue weighted by Crippen LogP contribution is -2.58. The van der Waals surface area contributed by atoms with Crippen LogP contribution < -0.4 is 10.6 Å². The molecule has 0 spiro atoms. The molecule has 0 saturated heterocycles. The summed E-state index contributed by atoms with van der Waals surface area (Å²) in [6, 6.07) is 13.1. The number of ether oxygens (including phenoxy) is 3. The third-order valence-electron chi connectivity index (χ3n) is 6.79. The number of methoxy groups -OCH3 is 1. The maximum atomic E-state index is 13.9. The fourth-order valence-electron chi connectivity index (χ4n) is 4.02. The maximum absolute atomic E-state index is 13.9. The lowest BCUT2D eigenvalue weighted by Gasteiger charge is -2.35. The Balaban J connectivity index is 2.25. The molecule has 0 saturated carbocycles. The van der Waals surface area contributed by atoms with E-state index >= 15 is 0 Å². The summed E-state index contributed by atoms with van der Waals surface area (Å²) in [5, 5.41) is 5.84. The number of amides is 2. The molecule has 0 aromatic heterocycles. The van der Waals surface area contributed by atoms with E-state index in [0.29, 0.717) is 32.3 Å². The van der Waals surface area contributed by atoms with Crippen molar-refractivity contribution in [1.82, 2.24) is 10.6 Å². The largest absolute Gasteiger partial charge is 0.385 e. The van der Waals surface area contributed by atoms with Gasteiger partial charge >= 0.3 is 0 Å². The van der Waals surface area contributed by atoms with E-state index in [-0.39, 0.29) is 37.4 Å². The number of halogens is 1. The van der Waals surface area contributed by atoms with Crippen LogP contribution in [0, 0.1) is 18.7 Å². The molecule has 0 aliphatic heterocycles. The molecule has 0 aliphatic rings. The Hall–Kier alpha value is -2.81. The summed E-state index contributed by atoms with van der Waals surface area (Å²) in [4.78, 5) is 27.2. The highest BCUT2D eigenvalue weighted by molar-refractivity contribution is 5.91. The van der Waals surface area contributed by atoms with Crippen molar-refractivity contribution in [3.05, 3.63) is 71.0 Å². The summed E-state index contributed by atoms with van der Waals surface area (Å²) >= 11 is 0. The Morgan fingerprint density at radius 1 is 0.949 bits per heavy atom. The van der Waals surface area contributed by atoms with Gasteiger partial charge in [-0.25, -0.2) is 4.39 Å². The third-order valence-corrected chi connectivity index (χ3v) is 6.79. The monoisotopic (exact) mass is 544 g/mol. The standard InChI is InChI=1S/C31H45FN2O5/c1-6-8-18-31(38-20-9-19-37-5,39-22-26-12-10-23(3)11-13-26)30(36)34-28(24(4)7-2)29(35)33-21-25-14-16-27(32)17-15-25/h10-17,24,28H,6-9,18-22H2,1-5H3,(H,33,35)(H,34,36). The summed E-state index contributed by atoms with van der Waals surface area (Å²) in [6.07, 6.45) is 3.17. The van der Waals surface area contributed by atoms with Gasteiger partial charge in [-0.05, 0) is 48.9 Å². The van der Waals surface area contributed by atoms with Gasteiger partial charge in [0.1, 0.15) is 11.9 Å². The summed E-state index contributed by atoms with van der Waals surface area (Å²) in [7, 11) is 1.62. The number of rotatable bonds is 18. The molecule has 7 nitrogen and oxygen atoms in total. The number of nitrogens with one attached hydrogen (secondary N) is 2. The third kappa shape index (κ3) is 10.7. The van der Waals surface area contributed by atoms with E-state index in [1.165, 1.54) is 12.1 Å². The minimum atomic E-state index is -1.56. The fourth-order valence-corrected chi connectivity index (χ4v) is 4.02. The van der Waals surface area contributed by atoms with Crippen LogP contribution in [0.3, 0.4) is 0 Å². The molecule has 39 heavy (non-hydrogen) atoms. The van der Waals surface area contributed by atoms with Crippen molar-refractivity contribution >= 4 is 11.8 Å². The molecule has 0 bridgehead atoms. The average molecular weight is 545 g/mol. The molecule has 2 amide bonds. The fraction of sp³-hybridized carbons (Fsp3) is 0.548. The van der Waals surface area contributed by atoms with Crippen molar-refractivity contribution in [3.8, 4) is 0 Å². The number of hydrogen-bond acceptors (Lipinski definition) is 5. The number of hydrogen-bond donors (Lipinski definition) is 2. The van der Waals surface area contributed by atoms with Crippen LogP contribution in [0.5, 0.6) is 0 Å². The smallest absolute Gasteiger partial charge is 0.281 e. The molecule has 216 valence electrons. The van der Waals surface area contributed by atoms with Gasteiger partial charge in [0.25, 0.3) is 5.91 Å². The van der Waals surface area contributed by atoms with Gasteiger partial charge in [-0.3, -0.25) is 9.59 Å². The quantitative estimate of drug-likeness (QED) is 0.193. The van der Waals surface area contributed by atoms with Crippen LogP contribution in [0.4, 0.5) is 4.39 Å². The van der Waals surface area contributed by atoms with Gasteiger partial charge in [0.15, 0.2) is 0 Å². The lowest BCUT2D eigenvalue weighted by atomic mass is 9.97. The SMILES string of the molecule is CCCCC(OCCCOC)(OCc1ccc(C)cc1)C(=O)NC(C(=O)NCc1ccc(F)cc1)C(C)CC. The minimum absolute atomic E-state index is 0.142. The van der Waals surface area contributed by atoms with Crippen molar-refractivity contribution in [2.75, 3.05) is 20.3 Å².